The van der Waals surface area contributed by atoms with Gasteiger partial charge in [0.25, 0.3) is 0 Å². The number of halogens is 1. The van der Waals surface area contributed by atoms with Gasteiger partial charge in [0.05, 0.1) is 19.2 Å². The standard InChI is InChI=1S/C17H17BrN2O3/c1-11-9-14(7-8-15(11)18)19-10-16(21)20-13-5-3-12(4-6-13)17(22)23-2/h3-9,19H,10H2,1-2H3,(H,20,21). The van der Waals surface area contributed by atoms with Gasteiger partial charge in [-0.15, -0.1) is 0 Å². The lowest BCUT2D eigenvalue weighted by Gasteiger charge is -2.09. The first-order valence-corrected chi connectivity index (χ1v) is 7.77. The molecular weight excluding hydrogens is 360 g/mol. The normalized spacial score (nSPS) is 10.0. The van der Waals surface area contributed by atoms with E-state index in [0.717, 1.165) is 15.7 Å². The van der Waals surface area contributed by atoms with Gasteiger partial charge in [-0.3, -0.25) is 4.79 Å². The Bertz CT molecular complexity index is 714. The molecule has 0 aliphatic heterocycles. The number of benzene rings is 2. The summed E-state index contributed by atoms with van der Waals surface area (Å²) in [6, 6.07) is 12.3. The predicted molar refractivity (Wildman–Crippen MR) is 93.8 cm³/mol. The Kier molecular flexibility index (Phi) is 5.76. The van der Waals surface area contributed by atoms with Gasteiger partial charge in [-0.2, -0.15) is 0 Å². The zero-order valence-electron chi connectivity index (χ0n) is 12.9. The molecule has 5 nitrogen and oxygen atoms in total. The highest BCUT2D eigenvalue weighted by molar-refractivity contribution is 9.10. The second-order valence-corrected chi connectivity index (χ2v) is 5.79. The van der Waals surface area contributed by atoms with Crippen molar-refractivity contribution in [2.45, 2.75) is 6.92 Å². The molecule has 0 spiro atoms. The number of hydrogen-bond donors (Lipinski definition) is 2. The third-order valence-corrected chi connectivity index (χ3v) is 4.09. The van der Waals surface area contributed by atoms with Crippen molar-refractivity contribution in [1.82, 2.24) is 0 Å². The molecule has 0 saturated carbocycles. The van der Waals surface area contributed by atoms with Crippen LogP contribution in [-0.2, 0) is 9.53 Å². The van der Waals surface area contributed by atoms with Crippen LogP contribution < -0.4 is 10.6 Å². The molecule has 0 bridgehead atoms. The minimum Gasteiger partial charge on any atom is -0.465 e. The molecule has 0 radical (unpaired) electrons. The van der Waals surface area contributed by atoms with Crippen LogP contribution in [0, 0.1) is 6.92 Å². The highest BCUT2D eigenvalue weighted by Gasteiger charge is 2.06. The first-order valence-electron chi connectivity index (χ1n) is 6.98. The summed E-state index contributed by atoms with van der Waals surface area (Å²) in [6.07, 6.45) is 0. The van der Waals surface area contributed by atoms with E-state index in [4.69, 9.17) is 0 Å². The summed E-state index contributed by atoms with van der Waals surface area (Å²) in [6.45, 7) is 2.14. The summed E-state index contributed by atoms with van der Waals surface area (Å²) in [7, 11) is 1.33. The predicted octanol–water partition coefficient (Wildman–Crippen LogP) is 3.59. The average molecular weight is 377 g/mol. The third kappa shape index (κ3) is 4.82. The van der Waals surface area contributed by atoms with E-state index in [-0.39, 0.29) is 12.5 Å². The van der Waals surface area contributed by atoms with Crippen LogP contribution in [0.4, 0.5) is 11.4 Å². The van der Waals surface area contributed by atoms with Crippen LogP contribution in [0.2, 0.25) is 0 Å². The number of nitrogens with one attached hydrogen (secondary N) is 2. The van der Waals surface area contributed by atoms with E-state index in [2.05, 4.69) is 31.3 Å². The van der Waals surface area contributed by atoms with Crippen molar-refractivity contribution in [1.29, 1.82) is 0 Å². The quantitative estimate of drug-likeness (QED) is 0.782. The molecule has 2 aromatic rings. The molecule has 0 saturated heterocycles. The molecule has 6 heteroatoms. The summed E-state index contributed by atoms with van der Waals surface area (Å²) in [5.74, 6) is -0.577. The summed E-state index contributed by atoms with van der Waals surface area (Å²) >= 11 is 3.43. The van der Waals surface area contributed by atoms with Crippen LogP contribution in [0.15, 0.2) is 46.9 Å². The van der Waals surface area contributed by atoms with E-state index < -0.39 is 5.97 Å². The fourth-order valence-electron chi connectivity index (χ4n) is 1.95. The SMILES string of the molecule is COC(=O)c1ccc(NC(=O)CNc2ccc(Br)c(C)c2)cc1. The first-order chi connectivity index (χ1) is 11.0. The zero-order valence-corrected chi connectivity index (χ0v) is 14.4. The Balaban J connectivity index is 1.89. The lowest BCUT2D eigenvalue weighted by Crippen LogP contribution is -2.21. The van der Waals surface area contributed by atoms with Crippen LogP contribution in [0.25, 0.3) is 0 Å². The summed E-state index contributed by atoms with van der Waals surface area (Å²) < 4.78 is 5.65. The summed E-state index contributed by atoms with van der Waals surface area (Å²) in [4.78, 5) is 23.3. The second-order valence-electron chi connectivity index (χ2n) is 4.93. The lowest BCUT2D eigenvalue weighted by molar-refractivity contribution is -0.114. The Labute approximate surface area is 143 Å². The minimum atomic E-state index is -0.407. The smallest absolute Gasteiger partial charge is 0.337 e. The minimum absolute atomic E-state index is 0.153. The molecule has 23 heavy (non-hydrogen) atoms. The van der Waals surface area contributed by atoms with Gasteiger partial charge < -0.3 is 15.4 Å². The van der Waals surface area contributed by atoms with Gasteiger partial charge in [0.15, 0.2) is 0 Å². The number of aryl methyl sites for hydroxylation is 1. The van der Waals surface area contributed by atoms with E-state index in [0.29, 0.717) is 11.3 Å². The van der Waals surface area contributed by atoms with E-state index in [1.807, 2.05) is 25.1 Å². The second kappa shape index (κ2) is 7.78. The van der Waals surface area contributed by atoms with Gasteiger partial charge in [0.2, 0.25) is 5.91 Å². The maximum absolute atomic E-state index is 11.9. The van der Waals surface area contributed by atoms with Crippen LogP contribution in [0.3, 0.4) is 0 Å². The van der Waals surface area contributed by atoms with Crippen molar-refractivity contribution >= 4 is 39.2 Å². The molecule has 0 atom stereocenters. The number of hydrogen-bond acceptors (Lipinski definition) is 4. The van der Waals surface area contributed by atoms with Gasteiger partial charge >= 0.3 is 5.97 Å². The van der Waals surface area contributed by atoms with Crippen molar-refractivity contribution < 1.29 is 14.3 Å². The monoisotopic (exact) mass is 376 g/mol. The Hall–Kier alpha value is -2.34. The molecule has 0 aromatic heterocycles. The van der Waals surface area contributed by atoms with Gasteiger partial charge in [0.1, 0.15) is 0 Å². The maximum Gasteiger partial charge on any atom is 0.337 e. The van der Waals surface area contributed by atoms with E-state index in [1.54, 1.807) is 24.3 Å². The number of methoxy groups -OCH3 is 1. The van der Waals surface area contributed by atoms with Crippen molar-refractivity contribution in [2.24, 2.45) is 0 Å². The van der Waals surface area contributed by atoms with Gasteiger partial charge in [0, 0.05) is 15.8 Å². The zero-order chi connectivity index (χ0) is 16.8. The molecule has 2 rings (SSSR count). The molecule has 0 unspecified atom stereocenters. The average Bonchev–Trinajstić information content (AvgIpc) is 2.56. The molecule has 1 amide bonds. The Morgan fingerprint density at radius 2 is 1.74 bits per heavy atom. The molecule has 120 valence electrons. The molecule has 2 N–H and O–H groups in total. The fraction of sp³-hybridized carbons (Fsp3) is 0.176. The highest BCUT2D eigenvalue weighted by Crippen LogP contribution is 2.19. The number of carbonyl (C=O) groups is 2. The fourth-order valence-corrected chi connectivity index (χ4v) is 2.20. The van der Waals surface area contributed by atoms with E-state index in [1.165, 1.54) is 7.11 Å². The molecule has 0 aliphatic rings. The topological polar surface area (TPSA) is 67.4 Å². The lowest BCUT2D eigenvalue weighted by atomic mass is 10.2. The van der Waals surface area contributed by atoms with Gasteiger partial charge in [-0.05, 0) is 55.0 Å². The Morgan fingerprint density at radius 3 is 2.35 bits per heavy atom. The van der Waals surface area contributed by atoms with Crippen LogP contribution in [0.5, 0.6) is 0 Å². The highest BCUT2D eigenvalue weighted by atomic mass is 79.9. The Morgan fingerprint density at radius 1 is 1.09 bits per heavy atom. The number of anilines is 2. The third-order valence-electron chi connectivity index (χ3n) is 3.20. The molecule has 0 heterocycles. The van der Waals surface area contributed by atoms with Gasteiger partial charge in [-0.25, -0.2) is 4.79 Å². The molecule has 0 fully saturated rings. The van der Waals surface area contributed by atoms with Crippen molar-refractivity contribution in [3.8, 4) is 0 Å². The molecule has 0 aliphatic carbocycles. The summed E-state index contributed by atoms with van der Waals surface area (Å²) in [5, 5.41) is 5.82. The van der Waals surface area contributed by atoms with Crippen LogP contribution in [0.1, 0.15) is 15.9 Å². The maximum atomic E-state index is 11.9. The molecule has 2 aromatic carbocycles. The van der Waals surface area contributed by atoms with Crippen molar-refractivity contribution in [3.05, 3.63) is 58.1 Å². The van der Waals surface area contributed by atoms with Crippen molar-refractivity contribution in [3.63, 3.8) is 0 Å². The van der Waals surface area contributed by atoms with Crippen LogP contribution >= 0.6 is 15.9 Å². The van der Waals surface area contributed by atoms with Crippen LogP contribution in [-0.4, -0.2) is 25.5 Å². The first kappa shape index (κ1) is 17.0. The number of esters is 1. The number of rotatable bonds is 5. The number of amides is 1. The summed E-state index contributed by atoms with van der Waals surface area (Å²) in [5.41, 5.74) is 3.03. The van der Waals surface area contributed by atoms with Crippen molar-refractivity contribution in [2.75, 3.05) is 24.3 Å². The largest absolute Gasteiger partial charge is 0.465 e. The van der Waals surface area contributed by atoms with E-state index in [9.17, 15) is 9.59 Å². The number of ether oxygens (including phenoxy) is 1. The molecular formula is C17H17BrN2O3. The van der Waals surface area contributed by atoms with E-state index >= 15 is 0 Å². The van der Waals surface area contributed by atoms with Gasteiger partial charge in [-0.1, -0.05) is 15.9 Å². The number of carbonyl (C=O) groups excluding carboxylic acids is 2.